The maximum atomic E-state index is 13.8. The topological polar surface area (TPSA) is 190 Å². The molecule has 0 saturated heterocycles. The molecule has 0 radical (unpaired) electrons. The number of fused-ring (bicyclic) bond motifs is 3. The van der Waals surface area contributed by atoms with Gasteiger partial charge < -0.3 is 31.5 Å². The summed E-state index contributed by atoms with van der Waals surface area (Å²) in [4.78, 5) is 52.8. The summed E-state index contributed by atoms with van der Waals surface area (Å²) in [5.41, 5.74) is 1.18. The molecule has 1 saturated carbocycles. The number of nitrogens with one attached hydrogen (secondary N) is 1. The number of Topliss-reactive ketones (excluding diaryl/α,β-unsaturated/α-hetero) is 2. The zero-order chi connectivity index (χ0) is 27.8. The van der Waals surface area contributed by atoms with E-state index in [1.807, 2.05) is 0 Å². The highest BCUT2D eigenvalue weighted by molar-refractivity contribution is 6.24. The van der Waals surface area contributed by atoms with Gasteiger partial charge in [-0.2, -0.15) is 0 Å². The van der Waals surface area contributed by atoms with Gasteiger partial charge in [-0.15, -0.1) is 0 Å². The predicted molar refractivity (Wildman–Crippen MR) is 132 cm³/mol. The quantitative estimate of drug-likeness (QED) is 0.252. The molecule has 2 amide bonds. The Labute approximate surface area is 213 Å². The van der Waals surface area contributed by atoms with Gasteiger partial charge in [-0.1, -0.05) is 26.8 Å². The van der Waals surface area contributed by atoms with Gasteiger partial charge >= 0.3 is 0 Å². The van der Waals surface area contributed by atoms with Crippen molar-refractivity contribution in [1.82, 2.24) is 4.90 Å². The first-order valence-electron chi connectivity index (χ1n) is 11.8. The Morgan fingerprint density at radius 2 is 1.76 bits per heavy atom. The molecule has 3 aliphatic carbocycles. The smallest absolute Gasteiger partial charge is 0.255 e. The lowest BCUT2D eigenvalue weighted by molar-refractivity contribution is -0.153. The lowest BCUT2D eigenvalue weighted by atomic mass is 9.57. The highest BCUT2D eigenvalue weighted by atomic mass is 16.3. The van der Waals surface area contributed by atoms with Gasteiger partial charge in [-0.05, 0) is 44.5 Å². The Morgan fingerprint density at radius 3 is 2.30 bits per heavy atom. The number of anilines is 1. The minimum absolute atomic E-state index is 0.00896. The number of aliphatic hydroxyl groups excluding tert-OH is 2. The van der Waals surface area contributed by atoms with Gasteiger partial charge in [0.25, 0.3) is 5.91 Å². The van der Waals surface area contributed by atoms with E-state index in [4.69, 9.17) is 5.73 Å². The Bertz CT molecular complexity index is 1320. The van der Waals surface area contributed by atoms with Crippen LogP contribution in [-0.4, -0.2) is 74.4 Å². The third kappa shape index (κ3) is 3.72. The maximum absolute atomic E-state index is 13.8. The fourth-order valence-electron chi connectivity index (χ4n) is 5.63. The molecule has 1 aromatic carbocycles. The summed E-state index contributed by atoms with van der Waals surface area (Å²) in [5, 5.41) is 47.2. The minimum atomic E-state index is -2.70. The summed E-state index contributed by atoms with van der Waals surface area (Å²) < 4.78 is 0. The Hall–Kier alpha value is -3.70. The molecular formula is C26H31N3O8. The Morgan fingerprint density at radius 1 is 1.14 bits per heavy atom. The van der Waals surface area contributed by atoms with Crippen LogP contribution in [0.4, 0.5) is 5.69 Å². The fraction of sp³-hybridized carbons (Fsp3) is 0.462. The molecule has 3 aliphatic rings. The largest absolute Gasteiger partial charge is 0.508 e. The molecule has 1 aromatic rings. The molecule has 7 N–H and O–H groups in total. The van der Waals surface area contributed by atoms with E-state index in [9.17, 15) is 39.6 Å². The van der Waals surface area contributed by atoms with Crippen LogP contribution in [-0.2, 0) is 25.6 Å². The fourth-order valence-corrected chi connectivity index (χ4v) is 5.63. The second kappa shape index (κ2) is 8.42. The number of aliphatic hydroxyl groups is 3. The van der Waals surface area contributed by atoms with Crippen LogP contribution in [0.2, 0.25) is 0 Å². The number of phenolic OH excluding ortho intramolecular Hbond substituents is 1. The molecule has 0 unspecified atom stereocenters. The standard InChI is InChI=1S/C26H31N3O8/c1-25(2,3)24(36)28-13-7-6-10-8-11-9-12-17(29(4)5)20(32)16(23(27)35)22(34)26(12,37)21(33)15(11)19(31)14(10)18(13)30/h6-7,11-12,17,30-31,34,37H,8-9H2,1-5H3,(H2,27,35)(H,28,36)/t11-,12-,17-,26-/m0/s1. The Kier molecular flexibility index (Phi) is 6.00. The van der Waals surface area contributed by atoms with E-state index < -0.39 is 69.2 Å². The molecule has 11 nitrogen and oxygen atoms in total. The second-order valence-electron chi connectivity index (χ2n) is 11.2. The number of primary amides is 1. The average molecular weight is 514 g/mol. The van der Waals surface area contributed by atoms with Crippen molar-refractivity contribution in [2.75, 3.05) is 19.4 Å². The molecule has 1 fully saturated rings. The summed E-state index contributed by atoms with van der Waals surface area (Å²) in [6.45, 7) is 5.07. The first-order chi connectivity index (χ1) is 17.0. The van der Waals surface area contributed by atoms with E-state index in [2.05, 4.69) is 5.32 Å². The van der Waals surface area contributed by atoms with Crippen molar-refractivity contribution in [3.8, 4) is 5.75 Å². The monoisotopic (exact) mass is 513 g/mol. The molecule has 11 heteroatoms. The zero-order valence-electron chi connectivity index (χ0n) is 21.2. The maximum Gasteiger partial charge on any atom is 0.255 e. The van der Waals surface area contributed by atoms with Crippen LogP contribution < -0.4 is 11.1 Å². The van der Waals surface area contributed by atoms with Gasteiger partial charge in [-0.3, -0.25) is 24.1 Å². The van der Waals surface area contributed by atoms with Crippen LogP contribution in [0, 0.1) is 17.3 Å². The minimum Gasteiger partial charge on any atom is -0.508 e. The number of rotatable bonds is 3. The number of amides is 2. The van der Waals surface area contributed by atoms with Crippen LogP contribution in [0.1, 0.15) is 38.3 Å². The molecule has 0 aliphatic heterocycles. The number of aromatic hydroxyl groups is 1. The number of ketones is 2. The van der Waals surface area contributed by atoms with Gasteiger partial charge in [0.2, 0.25) is 11.7 Å². The molecule has 0 heterocycles. The first-order valence-corrected chi connectivity index (χ1v) is 11.8. The van der Waals surface area contributed by atoms with Crippen LogP contribution >= 0.6 is 0 Å². The van der Waals surface area contributed by atoms with E-state index in [-0.39, 0.29) is 35.6 Å². The number of nitrogens with two attached hydrogens (primary N) is 1. The number of hydrogen-bond acceptors (Lipinski definition) is 9. The molecule has 0 spiro atoms. The third-order valence-electron chi connectivity index (χ3n) is 7.52. The summed E-state index contributed by atoms with van der Waals surface area (Å²) >= 11 is 0. The highest BCUT2D eigenvalue weighted by Gasteiger charge is 2.64. The normalized spacial score (nSPS) is 27.6. The molecular weight excluding hydrogens is 482 g/mol. The van der Waals surface area contributed by atoms with E-state index in [1.54, 1.807) is 40.9 Å². The van der Waals surface area contributed by atoms with Gasteiger partial charge in [0, 0.05) is 16.9 Å². The Balaban J connectivity index is 1.89. The highest BCUT2D eigenvalue weighted by Crippen LogP contribution is 2.53. The number of likely N-dealkylation sites (N-methyl/N-ethyl adjacent to an activating group) is 1. The van der Waals surface area contributed by atoms with Crippen molar-refractivity contribution >= 4 is 34.8 Å². The van der Waals surface area contributed by atoms with Crippen molar-refractivity contribution in [3.05, 3.63) is 40.2 Å². The van der Waals surface area contributed by atoms with Crippen LogP contribution in [0.25, 0.3) is 5.76 Å². The number of nitrogens with zero attached hydrogens (tertiary/aromatic N) is 1. The molecule has 4 rings (SSSR count). The summed E-state index contributed by atoms with van der Waals surface area (Å²) in [6.07, 6.45) is 0.185. The molecule has 37 heavy (non-hydrogen) atoms. The van der Waals surface area contributed by atoms with Crippen LogP contribution in [0.5, 0.6) is 5.75 Å². The summed E-state index contributed by atoms with van der Waals surface area (Å²) in [5.74, 6) is -7.56. The van der Waals surface area contributed by atoms with E-state index in [0.717, 1.165) is 0 Å². The van der Waals surface area contributed by atoms with E-state index in [0.29, 0.717) is 5.56 Å². The van der Waals surface area contributed by atoms with E-state index in [1.165, 1.54) is 11.0 Å². The number of benzene rings is 1. The van der Waals surface area contributed by atoms with Crippen molar-refractivity contribution in [2.24, 2.45) is 23.0 Å². The number of hydrogen-bond donors (Lipinski definition) is 6. The number of carbonyl (C=O) groups excluding carboxylic acids is 4. The van der Waals surface area contributed by atoms with Crippen LogP contribution in [0.3, 0.4) is 0 Å². The summed E-state index contributed by atoms with van der Waals surface area (Å²) in [6, 6.07) is 1.97. The van der Waals surface area contributed by atoms with Gasteiger partial charge in [0.15, 0.2) is 11.4 Å². The van der Waals surface area contributed by atoms with Crippen LogP contribution in [0.15, 0.2) is 29.0 Å². The van der Waals surface area contributed by atoms with Crippen molar-refractivity contribution < 1.29 is 39.6 Å². The van der Waals surface area contributed by atoms with Gasteiger partial charge in [0.05, 0.1) is 17.3 Å². The average Bonchev–Trinajstić information content (AvgIpc) is 2.77. The van der Waals surface area contributed by atoms with Gasteiger partial charge in [0.1, 0.15) is 22.8 Å². The van der Waals surface area contributed by atoms with E-state index >= 15 is 0 Å². The molecule has 0 aromatic heterocycles. The second-order valence-corrected chi connectivity index (χ2v) is 11.2. The summed E-state index contributed by atoms with van der Waals surface area (Å²) in [7, 11) is 3.08. The SMILES string of the molecule is CN(C)[C@@H]1C(=O)C(C(N)=O)=C(O)[C@@]2(O)C(=O)C3=C(O)c4c(ccc(NC(=O)C(C)(C)C)c4O)C[C@H]3C[C@@H]12. The molecule has 198 valence electrons. The lowest BCUT2D eigenvalue weighted by Gasteiger charge is -2.50. The van der Waals surface area contributed by atoms with Crippen molar-refractivity contribution in [1.29, 1.82) is 0 Å². The third-order valence-corrected chi connectivity index (χ3v) is 7.52. The molecule has 4 atom stereocenters. The lowest BCUT2D eigenvalue weighted by Crippen LogP contribution is -2.65. The molecule has 0 bridgehead atoms. The first kappa shape index (κ1) is 26.4. The van der Waals surface area contributed by atoms with Crippen molar-refractivity contribution in [3.63, 3.8) is 0 Å². The van der Waals surface area contributed by atoms with Crippen molar-refractivity contribution in [2.45, 2.75) is 45.3 Å². The number of carbonyl (C=O) groups is 4. The zero-order valence-corrected chi connectivity index (χ0v) is 21.2. The number of phenols is 1. The van der Waals surface area contributed by atoms with Gasteiger partial charge in [-0.25, -0.2) is 0 Å². The predicted octanol–water partition coefficient (Wildman–Crippen LogP) is 0.949.